The number of hydrogen-bond acceptors (Lipinski definition) is 4. The SMILES string of the molecule is COC(=O)c1ccccc1NC(=O)CN1CC(c2ccccc2)CC1C. The molecule has 0 bridgehead atoms. The number of nitrogens with one attached hydrogen (secondary N) is 1. The molecule has 0 aromatic heterocycles. The van der Waals surface area contributed by atoms with Crippen molar-refractivity contribution in [3.63, 3.8) is 0 Å². The van der Waals surface area contributed by atoms with Crippen molar-refractivity contribution < 1.29 is 14.3 Å². The Kier molecular flexibility index (Phi) is 5.68. The van der Waals surface area contributed by atoms with Gasteiger partial charge in [0.1, 0.15) is 0 Å². The number of benzene rings is 2. The quantitative estimate of drug-likeness (QED) is 0.839. The summed E-state index contributed by atoms with van der Waals surface area (Å²) in [6.07, 6.45) is 1.04. The van der Waals surface area contributed by atoms with Crippen LogP contribution in [0.4, 0.5) is 5.69 Å². The molecule has 0 aliphatic carbocycles. The third kappa shape index (κ3) is 4.11. The van der Waals surface area contributed by atoms with Crippen LogP contribution in [-0.4, -0.2) is 43.0 Å². The first-order chi connectivity index (χ1) is 12.6. The molecule has 1 heterocycles. The summed E-state index contributed by atoms with van der Waals surface area (Å²) in [5, 5.41) is 2.85. The van der Waals surface area contributed by atoms with E-state index in [0.717, 1.165) is 13.0 Å². The van der Waals surface area contributed by atoms with Crippen molar-refractivity contribution in [2.45, 2.75) is 25.3 Å². The standard InChI is InChI=1S/C21H24N2O3/c1-15-12-17(16-8-4-3-5-9-16)13-23(15)14-20(24)22-19-11-7-6-10-18(19)21(25)26-2/h3-11,15,17H,12-14H2,1-2H3,(H,22,24). The molecule has 1 aliphatic rings. The lowest BCUT2D eigenvalue weighted by molar-refractivity contribution is -0.117. The van der Waals surface area contributed by atoms with Crippen molar-refractivity contribution in [3.8, 4) is 0 Å². The number of esters is 1. The predicted octanol–water partition coefficient (Wildman–Crippen LogP) is 3.29. The van der Waals surface area contributed by atoms with E-state index in [9.17, 15) is 9.59 Å². The van der Waals surface area contributed by atoms with Gasteiger partial charge >= 0.3 is 5.97 Å². The number of rotatable bonds is 5. The first-order valence-corrected chi connectivity index (χ1v) is 8.84. The molecule has 2 aromatic carbocycles. The number of ether oxygens (including phenoxy) is 1. The zero-order chi connectivity index (χ0) is 18.5. The molecule has 5 nitrogen and oxygen atoms in total. The fraction of sp³-hybridized carbons (Fsp3) is 0.333. The minimum Gasteiger partial charge on any atom is -0.465 e. The Bertz CT molecular complexity index is 776. The van der Waals surface area contributed by atoms with Crippen LogP contribution in [-0.2, 0) is 9.53 Å². The summed E-state index contributed by atoms with van der Waals surface area (Å²) >= 11 is 0. The number of carbonyl (C=O) groups is 2. The smallest absolute Gasteiger partial charge is 0.339 e. The summed E-state index contributed by atoms with van der Waals surface area (Å²) in [5.41, 5.74) is 2.16. The lowest BCUT2D eigenvalue weighted by atomic mass is 9.97. The molecule has 1 amide bonds. The Morgan fingerprint density at radius 2 is 1.81 bits per heavy atom. The second-order valence-corrected chi connectivity index (χ2v) is 6.71. The minimum absolute atomic E-state index is 0.123. The molecule has 0 spiro atoms. The maximum atomic E-state index is 12.5. The van der Waals surface area contributed by atoms with E-state index >= 15 is 0 Å². The van der Waals surface area contributed by atoms with Crippen LogP contribution < -0.4 is 5.32 Å². The summed E-state index contributed by atoms with van der Waals surface area (Å²) in [6.45, 7) is 3.32. The molecule has 136 valence electrons. The van der Waals surface area contributed by atoms with Crippen molar-refractivity contribution in [2.75, 3.05) is 25.5 Å². The molecule has 26 heavy (non-hydrogen) atoms. The first-order valence-electron chi connectivity index (χ1n) is 8.84. The normalized spacial score (nSPS) is 19.9. The highest BCUT2D eigenvalue weighted by Gasteiger charge is 2.31. The minimum atomic E-state index is -0.459. The van der Waals surface area contributed by atoms with E-state index in [1.54, 1.807) is 24.3 Å². The van der Waals surface area contributed by atoms with Gasteiger partial charge < -0.3 is 10.1 Å². The topological polar surface area (TPSA) is 58.6 Å². The molecular formula is C21H24N2O3. The van der Waals surface area contributed by atoms with E-state index in [0.29, 0.717) is 29.8 Å². The molecule has 1 aliphatic heterocycles. The second kappa shape index (κ2) is 8.15. The predicted molar refractivity (Wildman–Crippen MR) is 101 cm³/mol. The van der Waals surface area contributed by atoms with E-state index in [1.165, 1.54) is 12.7 Å². The van der Waals surface area contributed by atoms with Gasteiger partial charge in [-0.15, -0.1) is 0 Å². The molecular weight excluding hydrogens is 328 g/mol. The molecule has 2 aromatic rings. The number of amides is 1. The Hall–Kier alpha value is -2.66. The maximum absolute atomic E-state index is 12.5. The highest BCUT2D eigenvalue weighted by Crippen LogP contribution is 2.31. The number of carbonyl (C=O) groups excluding carboxylic acids is 2. The Morgan fingerprint density at radius 1 is 1.12 bits per heavy atom. The van der Waals surface area contributed by atoms with Gasteiger partial charge in [-0.2, -0.15) is 0 Å². The molecule has 3 rings (SSSR count). The molecule has 2 unspecified atom stereocenters. The molecule has 0 radical (unpaired) electrons. The number of hydrogen-bond donors (Lipinski definition) is 1. The first kappa shape index (κ1) is 18.1. The van der Waals surface area contributed by atoms with Crippen LogP contribution in [0, 0.1) is 0 Å². The van der Waals surface area contributed by atoms with Crippen molar-refractivity contribution in [1.82, 2.24) is 4.90 Å². The molecule has 1 fully saturated rings. The zero-order valence-electron chi connectivity index (χ0n) is 15.1. The van der Waals surface area contributed by atoms with E-state index < -0.39 is 5.97 Å². The summed E-state index contributed by atoms with van der Waals surface area (Å²) in [7, 11) is 1.33. The van der Waals surface area contributed by atoms with Crippen LogP contribution in [0.15, 0.2) is 54.6 Å². The van der Waals surface area contributed by atoms with Crippen LogP contribution in [0.2, 0.25) is 0 Å². The maximum Gasteiger partial charge on any atom is 0.339 e. The molecule has 1 N–H and O–H groups in total. The number of methoxy groups -OCH3 is 1. The largest absolute Gasteiger partial charge is 0.465 e. The fourth-order valence-corrected chi connectivity index (χ4v) is 3.54. The number of para-hydroxylation sites is 1. The lowest BCUT2D eigenvalue weighted by Gasteiger charge is -2.20. The molecule has 1 saturated heterocycles. The van der Waals surface area contributed by atoms with Gasteiger partial charge in [0, 0.05) is 12.6 Å². The molecule has 0 saturated carbocycles. The lowest BCUT2D eigenvalue weighted by Crippen LogP contribution is -2.35. The average Bonchev–Trinajstić information content (AvgIpc) is 3.02. The van der Waals surface area contributed by atoms with Crippen LogP contribution >= 0.6 is 0 Å². The Labute approximate surface area is 154 Å². The van der Waals surface area contributed by atoms with Gasteiger partial charge in [0.05, 0.1) is 24.9 Å². The number of anilines is 1. The van der Waals surface area contributed by atoms with Gasteiger partial charge in [-0.05, 0) is 37.0 Å². The third-order valence-corrected chi connectivity index (χ3v) is 4.93. The third-order valence-electron chi connectivity index (χ3n) is 4.93. The average molecular weight is 352 g/mol. The van der Waals surface area contributed by atoms with Crippen LogP contribution in [0.25, 0.3) is 0 Å². The summed E-state index contributed by atoms with van der Waals surface area (Å²) in [5.74, 6) is -0.136. The van der Waals surface area contributed by atoms with Crippen molar-refractivity contribution in [3.05, 3.63) is 65.7 Å². The summed E-state index contributed by atoms with van der Waals surface area (Å²) in [4.78, 5) is 26.5. The van der Waals surface area contributed by atoms with Gasteiger partial charge in [-0.3, -0.25) is 9.69 Å². The number of likely N-dealkylation sites (tertiary alicyclic amines) is 1. The fourth-order valence-electron chi connectivity index (χ4n) is 3.54. The van der Waals surface area contributed by atoms with Crippen molar-refractivity contribution >= 4 is 17.6 Å². The molecule has 5 heteroatoms. The molecule has 2 atom stereocenters. The van der Waals surface area contributed by atoms with Gasteiger partial charge in [0.2, 0.25) is 5.91 Å². The zero-order valence-corrected chi connectivity index (χ0v) is 15.1. The van der Waals surface area contributed by atoms with Crippen molar-refractivity contribution in [2.24, 2.45) is 0 Å². The van der Waals surface area contributed by atoms with E-state index in [1.807, 2.05) is 6.07 Å². The van der Waals surface area contributed by atoms with E-state index in [-0.39, 0.29) is 5.91 Å². The Morgan fingerprint density at radius 3 is 2.54 bits per heavy atom. The van der Waals surface area contributed by atoms with E-state index in [4.69, 9.17) is 4.74 Å². The van der Waals surface area contributed by atoms with Crippen LogP contribution in [0.5, 0.6) is 0 Å². The Balaban J connectivity index is 1.63. The second-order valence-electron chi connectivity index (χ2n) is 6.71. The van der Waals surface area contributed by atoms with Crippen LogP contribution in [0.1, 0.15) is 35.2 Å². The van der Waals surface area contributed by atoms with Crippen LogP contribution in [0.3, 0.4) is 0 Å². The monoisotopic (exact) mass is 352 g/mol. The number of nitrogens with zero attached hydrogens (tertiary/aromatic N) is 1. The highest BCUT2D eigenvalue weighted by atomic mass is 16.5. The van der Waals surface area contributed by atoms with E-state index in [2.05, 4.69) is 41.4 Å². The van der Waals surface area contributed by atoms with Gasteiger partial charge in [-0.25, -0.2) is 4.79 Å². The highest BCUT2D eigenvalue weighted by molar-refractivity contribution is 6.01. The van der Waals surface area contributed by atoms with Gasteiger partial charge in [0.25, 0.3) is 0 Å². The summed E-state index contributed by atoms with van der Waals surface area (Å²) in [6, 6.07) is 17.6. The van der Waals surface area contributed by atoms with Gasteiger partial charge in [0.15, 0.2) is 0 Å². The van der Waals surface area contributed by atoms with Crippen molar-refractivity contribution in [1.29, 1.82) is 0 Å². The summed E-state index contributed by atoms with van der Waals surface area (Å²) < 4.78 is 4.77. The van der Waals surface area contributed by atoms with Gasteiger partial charge in [-0.1, -0.05) is 42.5 Å².